The Labute approximate surface area is 142 Å². The van der Waals surface area contributed by atoms with E-state index in [9.17, 15) is 14.4 Å². The Bertz CT molecular complexity index is 619. The molecule has 1 fully saturated rings. The molecule has 0 radical (unpaired) electrons. The molecule has 1 aliphatic carbocycles. The Kier molecular flexibility index (Phi) is 5.59. The number of carbonyl (C=O) groups is 3. The molecule has 0 aliphatic heterocycles. The number of nitrogens with one attached hydrogen (secondary N) is 3. The predicted molar refractivity (Wildman–Crippen MR) is 92.4 cm³/mol. The number of rotatable bonds is 5. The van der Waals surface area contributed by atoms with Gasteiger partial charge < -0.3 is 16.0 Å². The van der Waals surface area contributed by atoms with E-state index < -0.39 is 11.6 Å². The van der Waals surface area contributed by atoms with Gasteiger partial charge in [-0.2, -0.15) is 0 Å². The van der Waals surface area contributed by atoms with E-state index in [1.165, 1.54) is 6.92 Å². The molecule has 0 heterocycles. The van der Waals surface area contributed by atoms with Crippen LogP contribution in [0.4, 0.5) is 5.69 Å². The third-order valence-electron chi connectivity index (χ3n) is 4.38. The van der Waals surface area contributed by atoms with Crippen molar-refractivity contribution in [1.82, 2.24) is 10.6 Å². The van der Waals surface area contributed by atoms with Gasteiger partial charge in [0.2, 0.25) is 17.7 Å². The molecule has 1 saturated carbocycles. The molecule has 0 spiro atoms. The van der Waals surface area contributed by atoms with Gasteiger partial charge in [0.15, 0.2) is 0 Å². The van der Waals surface area contributed by atoms with Crippen LogP contribution in [0.2, 0.25) is 0 Å². The van der Waals surface area contributed by atoms with Crippen molar-refractivity contribution in [3.63, 3.8) is 0 Å². The third-order valence-corrected chi connectivity index (χ3v) is 4.38. The van der Waals surface area contributed by atoms with Crippen molar-refractivity contribution in [2.24, 2.45) is 0 Å². The lowest BCUT2D eigenvalue weighted by molar-refractivity contribution is -0.132. The largest absolute Gasteiger partial charge is 0.345 e. The summed E-state index contributed by atoms with van der Waals surface area (Å²) in [5.74, 6) is -0.819. The first kappa shape index (κ1) is 18.0. The van der Waals surface area contributed by atoms with Crippen molar-refractivity contribution < 1.29 is 14.4 Å². The normalized spacial score (nSPS) is 17.0. The lowest BCUT2D eigenvalue weighted by atomic mass is 9.95. The van der Waals surface area contributed by atoms with E-state index in [4.69, 9.17) is 0 Å². The van der Waals surface area contributed by atoms with E-state index in [1.54, 1.807) is 6.92 Å². The van der Waals surface area contributed by atoms with Crippen LogP contribution >= 0.6 is 0 Å². The van der Waals surface area contributed by atoms with Gasteiger partial charge in [0.1, 0.15) is 11.6 Å². The molecule has 1 atom stereocenters. The second-order valence-corrected chi connectivity index (χ2v) is 6.52. The van der Waals surface area contributed by atoms with Crippen LogP contribution in [-0.2, 0) is 14.4 Å². The zero-order valence-electron chi connectivity index (χ0n) is 14.4. The minimum Gasteiger partial charge on any atom is -0.345 e. The molecular weight excluding hydrogens is 306 g/mol. The highest BCUT2D eigenvalue weighted by atomic mass is 16.2. The van der Waals surface area contributed by atoms with Gasteiger partial charge in [-0.05, 0) is 38.8 Å². The average molecular weight is 331 g/mol. The van der Waals surface area contributed by atoms with Crippen molar-refractivity contribution in [1.29, 1.82) is 0 Å². The van der Waals surface area contributed by atoms with E-state index in [1.807, 2.05) is 31.2 Å². The van der Waals surface area contributed by atoms with Crippen molar-refractivity contribution in [3.8, 4) is 0 Å². The van der Waals surface area contributed by atoms with Gasteiger partial charge in [-0.3, -0.25) is 14.4 Å². The molecule has 3 N–H and O–H groups in total. The van der Waals surface area contributed by atoms with Crippen molar-refractivity contribution >= 4 is 23.4 Å². The second kappa shape index (κ2) is 7.47. The van der Waals surface area contributed by atoms with Gasteiger partial charge in [0, 0.05) is 12.6 Å². The van der Waals surface area contributed by atoms with Crippen LogP contribution < -0.4 is 16.0 Å². The summed E-state index contributed by atoms with van der Waals surface area (Å²) in [6, 6.07) is 6.87. The Morgan fingerprint density at radius 3 is 2.21 bits per heavy atom. The van der Waals surface area contributed by atoms with Gasteiger partial charge in [0.25, 0.3) is 0 Å². The summed E-state index contributed by atoms with van der Waals surface area (Å²) in [7, 11) is 0. The summed E-state index contributed by atoms with van der Waals surface area (Å²) in [6.07, 6.45) is 2.97. The number of hydrogen-bond donors (Lipinski definition) is 3. The standard InChI is InChI=1S/C18H25N3O3/c1-12-6-8-15(9-7-12)20-17(24)18(10-4-5-11-18)21-16(23)13(2)19-14(3)22/h6-9,13H,4-5,10-11H2,1-3H3,(H,19,22)(H,20,24)(H,21,23)/t13-/m0/s1. The lowest BCUT2D eigenvalue weighted by Crippen LogP contribution is -2.58. The second-order valence-electron chi connectivity index (χ2n) is 6.52. The molecule has 130 valence electrons. The van der Waals surface area contributed by atoms with Crippen LogP contribution in [0.1, 0.15) is 45.1 Å². The molecule has 0 unspecified atom stereocenters. The molecule has 0 saturated heterocycles. The highest BCUT2D eigenvalue weighted by Gasteiger charge is 2.43. The van der Waals surface area contributed by atoms with Crippen LogP contribution in [0.5, 0.6) is 0 Å². The summed E-state index contributed by atoms with van der Waals surface area (Å²) < 4.78 is 0. The van der Waals surface area contributed by atoms with Crippen LogP contribution in [0.15, 0.2) is 24.3 Å². The summed E-state index contributed by atoms with van der Waals surface area (Å²) in [6.45, 7) is 4.95. The van der Waals surface area contributed by atoms with E-state index >= 15 is 0 Å². The number of aryl methyl sites for hydroxylation is 1. The van der Waals surface area contributed by atoms with Crippen LogP contribution in [0.3, 0.4) is 0 Å². The molecule has 1 aromatic rings. The fraction of sp³-hybridized carbons (Fsp3) is 0.500. The maximum atomic E-state index is 12.8. The quantitative estimate of drug-likeness (QED) is 0.770. The maximum absolute atomic E-state index is 12.8. The van der Waals surface area contributed by atoms with Crippen molar-refractivity contribution in [2.45, 2.75) is 58.0 Å². The number of anilines is 1. The molecule has 0 bridgehead atoms. The molecule has 6 nitrogen and oxygen atoms in total. The van der Waals surface area contributed by atoms with Crippen LogP contribution in [0.25, 0.3) is 0 Å². The highest BCUT2D eigenvalue weighted by Crippen LogP contribution is 2.31. The zero-order chi connectivity index (χ0) is 17.7. The van der Waals surface area contributed by atoms with Gasteiger partial charge in [-0.15, -0.1) is 0 Å². The van der Waals surface area contributed by atoms with Gasteiger partial charge >= 0.3 is 0 Å². The number of carbonyl (C=O) groups excluding carboxylic acids is 3. The molecule has 0 aromatic heterocycles. The SMILES string of the molecule is CC(=O)N[C@@H](C)C(=O)NC1(C(=O)Nc2ccc(C)cc2)CCCC1. The first-order chi connectivity index (χ1) is 11.3. The van der Waals surface area contributed by atoms with E-state index in [2.05, 4.69) is 16.0 Å². The first-order valence-electron chi connectivity index (χ1n) is 8.30. The van der Waals surface area contributed by atoms with E-state index in [0.29, 0.717) is 18.5 Å². The average Bonchev–Trinajstić information content (AvgIpc) is 2.98. The first-order valence-corrected chi connectivity index (χ1v) is 8.30. The number of benzene rings is 1. The minimum absolute atomic E-state index is 0.202. The summed E-state index contributed by atoms with van der Waals surface area (Å²) in [4.78, 5) is 36.2. The molecule has 24 heavy (non-hydrogen) atoms. The number of hydrogen-bond acceptors (Lipinski definition) is 3. The third kappa shape index (κ3) is 4.34. The lowest BCUT2D eigenvalue weighted by Gasteiger charge is -2.30. The fourth-order valence-corrected chi connectivity index (χ4v) is 2.99. The maximum Gasteiger partial charge on any atom is 0.250 e. The minimum atomic E-state index is -0.908. The molecule has 3 amide bonds. The number of amides is 3. The molecule has 6 heteroatoms. The Hall–Kier alpha value is -2.37. The van der Waals surface area contributed by atoms with Crippen molar-refractivity contribution in [2.75, 3.05) is 5.32 Å². The molecule has 1 aliphatic rings. The predicted octanol–water partition coefficient (Wildman–Crippen LogP) is 1.89. The summed E-state index contributed by atoms with van der Waals surface area (Å²) in [5, 5.41) is 8.31. The Morgan fingerprint density at radius 1 is 1.08 bits per heavy atom. The van der Waals surface area contributed by atoms with Gasteiger partial charge in [-0.1, -0.05) is 30.5 Å². The molecular formula is C18H25N3O3. The Balaban J connectivity index is 2.09. The van der Waals surface area contributed by atoms with Gasteiger partial charge in [0.05, 0.1) is 0 Å². The molecule has 1 aromatic carbocycles. The monoisotopic (exact) mass is 331 g/mol. The summed E-state index contributed by atoms with van der Waals surface area (Å²) >= 11 is 0. The zero-order valence-corrected chi connectivity index (χ0v) is 14.4. The fourth-order valence-electron chi connectivity index (χ4n) is 2.99. The van der Waals surface area contributed by atoms with E-state index in [0.717, 1.165) is 18.4 Å². The topological polar surface area (TPSA) is 87.3 Å². The van der Waals surface area contributed by atoms with Crippen molar-refractivity contribution in [3.05, 3.63) is 29.8 Å². The van der Waals surface area contributed by atoms with Crippen LogP contribution in [-0.4, -0.2) is 29.3 Å². The Morgan fingerprint density at radius 2 is 1.67 bits per heavy atom. The smallest absolute Gasteiger partial charge is 0.250 e. The highest BCUT2D eigenvalue weighted by molar-refractivity contribution is 6.01. The summed E-state index contributed by atoms with van der Waals surface area (Å²) in [5.41, 5.74) is 0.913. The van der Waals surface area contributed by atoms with Gasteiger partial charge in [-0.25, -0.2) is 0 Å². The molecule has 2 rings (SSSR count). The van der Waals surface area contributed by atoms with E-state index in [-0.39, 0.29) is 17.7 Å². The van der Waals surface area contributed by atoms with Crippen LogP contribution in [0, 0.1) is 6.92 Å².